The Labute approximate surface area is 269 Å². The number of furan rings is 1. The second-order valence-electron chi connectivity index (χ2n) is 13.1. The molecule has 0 spiro atoms. The molecule has 2 nitrogen and oxygen atoms in total. The first-order chi connectivity index (χ1) is 22.5. The summed E-state index contributed by atoms with van der Waals surface area (Å²) >= 11 is 0. The summed E-state index contributed by atoms with van der Waals surface area (Å²) in [6.07, 6.45) is 7.80. The molecule has 2 heteroatoms. The molecule has 7 aromatic rings. The van der Waals surface area contributed by atoms with Crippen LogP contribution in [0.2, 0.25) is 0 Å². The second kappa shape index (κ2) is 10.3. The molecular formula is C44H33NO. The van der Waals surface area contributed by atoms with Gasteiger partial charge < -0.3 is 4.42 Å². The predicted molar refractivity (Wildman–Crippen MR) is 191 cm³/mol. The number of aromatic nitrogens is 1. The first kappa shape index (κ1) is 26.9. The van der Waals surface area contributed by atoms with E-state index in [1.54, 1.807) is 0 Å². The minimum Gasteiger partial charge on any atom is -0.456 e. The Bertz CT molecular complexity index is 2300. The number of fused-ring (bicyclic) bond motifs is 7. The van der Waals surface area contributed by atoms with Crippen molar-refractivity contribution in [3.8, 4) is 33.6 Å². The highest BCUT2D eigenvalue weighted by molar-refractivity contribution is 6.09. The zero-order chi connectivity index (χ0) is 30.8. The van der Waals surface area contributed by atoms with Crippen molar-refractivity contribution < 1.29 is 4.42 Å². The van der Waals surface area contributed by atoms with E-state index in [0.717, 1.165) is 40.1 Å². The Morgan fingerprint density at radius 3 is 2.09 bits per heavy atom. The average molecular weight is 592 g/mol. The SMILES string of the molecule is CC1(C)c2ccc(C3=CC=CC(c4cc(-c5ccccc5)nc(-c5ccccc5)c4)C3)cc2-c2ccc3c(oc4ccccc43)c21. The molecule has 0 saturated carbocycles. The van der Waals surface area contributed by atoms with Gasteiger partial charge in [-0.3, -0.25) is 0 Å². The summed E-state index contributed by atoms with van der Waals surface area (Å²) in [6, 6.07) is 45.6. The lowest BCUT2D eigenvalue weighted by atomic mass is 9.80. The van der Waals surface area contributed by atoms with Gasteiger partial charge in [0.1, 0.15) is 11.2 Å². The van der Waals surface area contributed by atoms with Gasteiger partial charge in [0.05, 0.1) is 11.4 Å². The second-order valence-corrected chi connectivity index (χ2v) is 13.1. The number of rotatable bonds is 4. The van der Waals surface area contributed by atoms with E-state index in [0.29, 0.717) is 0 Å². The molecule has 0 saturated heterocycles. The average Bonchev–Trinajstić information content (AvgIpc) is 3.60. The summed E-state index contributed by atoms with van der Waals surface area (Å²) in [6.45, 7) is 4.67. The number of nitrogens with zero attached hydrogens (tertiary/aromatic N) is 1. The smallest absolute Gasteiger partial charge is 0.140 e. The quantitative estimate of drug-likeness (QED) is 0.203. The monoisotopic (exact) mass is 591 g/mol. The van der Waals surface area contributed by atoms with Crippen molar-refractivity contribution in [1.82, 2.24) is 4.98 Å². The van der Waals surface area contributed by atoms with Crippen molar-refractivity contribution in [2.75, 3.05) is 0 Å². The lowest BCUT2D eigenvalue weighted by molar-refractivity contribution is 0.620. The van der Waals surface area contributed by atoms with Crippen LogP contribution < -0.4 is 0 Å². The zero-order valence-electron chi connectivity index (χ0n) is 26.0. The summed E-state index contributed by atoms with van der Waals surface area (Å²) in [5.41, 5.74) is 15.3. The first-order valence-corrected chi connectivity index (χ1v) is 16.1. The number of hydrogen-bond donors (Lipinski definition) is 0. The molecule has 2 aliphatic rings. The summed E-state index contributed by atoms with van der Waals surface area (Å²) in [5, 5.41) is 2.38. The van der Waals surface area contributed by atoms with E-state index in [4.69, 9.17) is 9.40 Å². The molecule has 2 heterocycles. The van der Waals surface area contributed by atoms with Crippen molar-refractivity contribution in [3.05, 3.63) is 168 Å². The lowest BCUT2D eigenvalue weighted by Crippen LogP contribution is -2.15. The Hall–Kier alpha value is -5.47. The highest BCUT2D eigenvalue weighted by atomic mass is 16.3. The van der Waals surface area contributed by atoms with E-state index in [9.17, 15) is 0 Å². The molecule has 2 aliphatic carbocycles. The molecule has 0 aliphatic heterocycles. The van der Waals surface area contributed by atoms with Gasteiger partial charge in [-0.1, -0.05) is 129 Å². The fourth-order valence-electron chi connectivity index (χ4n) is 7.68. The van der Waals surface area contributed by atoms with E-state index < -0.39 is 0 Å². The van der Waals surface area contributed by atoms with Crippen LogP contribution in [0.5, 0.6) is 0 Å². The molecule has 9 rings (SSSR count). The van der Waals surface area contributed by atoms with Crippen LogP contribution in [-0.4, -0.2) is 4.98 Å². The Balaban J connectivity index is 1.10. The van der Waals surface area contributed by atoms with Gasteiger partial charge in [0.15, 0.2) is 0 Å². The van der Waals surface area contributed by atoms with Gasteiger partial charge in [0.2, 0.25) is 0 Å². The third kappa shape index (κ3) is 4.21. The molecule has 1 unspecified atom stereocenters. The summed E-state index contributed by atoms with van der Waals surface area (Å²) in [4.78, 5) is 5.11. The standard InChI is InChI=1S/C44H33NO/c1-44(2)38-23-20-32(25-37(38)35-21-22-36-34-18-9-10-19-41(34)46-43(36)42(35)44)30-16-11-17-31(24-30)33-26-39(28-12-5-3-6-13-28)45-40(27-33)29-14-7-4-8-15-29/h3-23,25-27,31H,24H2,1-2H3. The fraction of sp³-hybridized carbons (Fsp3) is 0.114. The molecule has 0 bridgehead atoms. The fourth-order valence-corrected chi connectivity index (χ4v) is 7.68. The number of pyridine rings is 1. The maximum absolute atomic E-state index is 6.53. The highest BCUT2D eigenvalue weighted by Gasteiger charge is 2.38. The Morgan fingerprint density at radius 1 is 0.652 bits per heavy atom. The van der Waals surface area contributed by atoms with Crippen LogP contribution in [0.3, 0.4) is 0 Å². The minimum absolute atomic E-state index is 0.154. The van der Waals surface area contributed by atoms with E-state index in [-0.39, 0.29) is 11.3 Å². The van der Waals surface area contributed by atoms with Crippen LogP contribution >= 0.6 is 0 Å². The van der Waals surface area contributed by atoms with Crippen molar-refractivity contribution in [1.29, 1.82) is 0 Å². The minimum atomic E-state index is -0.154. The van der Waals surface area contributed by atoms with Crippen molar-refractivity contribution in [2.45, 2.75) is 31.6 Å². The van der Waals surface area contributed by atoms with Crippen LogP contribution in [0.4, 0.5) is 0 Å². The van der Waals surface area contributed by atoms with E-state index in [2.05, 4.69) is 153 Å². The number of benzene rings is 5. The van der Waals surface area contributed by atoms with E-state index in [1.165, 1.54) is 49.7 Å². The van der Waals surface area contributed by atoms with Gasteiger partial charge in [-0.2, -0.15) is 0 Å². The third-order valence-corrected chi connectivity index (χ3v) is 10.0. The van der Waals surface area contributed by atoms with E-state index in [1.807, 2.05) is 6.07 Å². The maximum atomic E-state index is 6.53. The molecule has 0 N–H and O–H groups in total. The van der Waals surface area contributed by atoms with Crippen molar-refractivity contribution >= 4 is 27.5 Å². The predicted octanol–water partition coefficient (Wildman–Crippen LogP) is 11.7. The van der Waals surface area contributed by atoms with Gasteiger partial charge in [-0.25, -0.2) is 4.98 Å². The van der Waals surface area contributed by atoms with Crippen LogP contribution in [0, 0.1) is 0 Å². The normalized spacial score (nSPS) is 16.4. The molecule has 220 valence electrons. The largest absolute Gasteiger partial charge is 0.456 e. The Kier molecular flexibility index (Phi) is 6.01. The molecular weight excluding hydrogens is 558 g/mol. The van der Waals surface area contributed by atoms with Crippen LogP contribution in [0.25, 0.3) is 61.2 Å². The van der Waals surface area contributed by atoms with Crippen molar-refractivity contribution in [2.24, 2.45) is 0 Å². The van der Waals surface area contributed by atoms with Crippen LogP contribution in [0.15, 0.2) is 150 Å². The zero-order valence-corrected chi connectivity index (χ0v) is 26.0. The van der Waals surface area contributed by atoms with Crippen LogP contribution in [-0.2, 0) is 5.41 Å². The lowest BCUT2D eigenvalue weighted by Gasteiger charge is -2.23. The highest BCUT2D eigenvalue weighted by Crippen LogP contribution is 2.53. The van der Waals surface area contributed by atoms with Gasteiger partial charge in [-0.05, 0) is 70.1 Å². The molecule has 1 atom stereocenters. The van der Waals surface area contributed by atoms with Crippen molar-refractivity contribution in [3.63, 3.8) is 0 Å². The molecule has 0 fully saturated rings. The first-order valence-electron chi connectivity index (χ1n) is 16.1. The third-order valence-electron chi connectivity index (χ3n) is 10.0. The summed E-state index contributed by atoms with van der Waals surface area (Å²) in [5.74, 6) is 0.250. The molecule has 0 amide bonds. The molecule has 46 heavy (non-hydrogen) atoms. The topological polar surface area (TPSA) is 26.0 Å². The summed E-state index contributed by atoms with van der Waals surface area (Å²) < 4.78 is 6.53. The molecule has 5 aromatic carbocycles. The van der Waals surface area contributed by atoms with Gasteiger partial charge >= 0.3 is 0 Å². The molecule has 0 radical (unpaired) electrons. The number of allylic oxidation sites excluding steroid dienone is 4. The van der Waals surface area contributed by atoms with Crippen LogP contribution in [0.1, 0.15) is 48.4 Å². The molecule has 2 aromatic heterocycles. The Morgan fingerprint density at radius 2 is 1.35 bits per heavy atom. The van der Waals surface area contributed by atoms with Gasteiger partial charge in [0, 0.05) is 38.8 Å². The van der Waals surface area contributed by atoms with Gasteiger partial charge in [0.25, 0.3) is 0 Å². The maximum Gasteiger partial charge on any atom is 0.140 e. The van der Waals surface area contributed by atoms with E-state index >= 15 is 0 Å². The number of para-hydroxylation sites is 1. The summed E-state index contributed by atoms with van der Waals surface area (Å²) in [7, 11) is 0. The van der Waals surface area contributed by atoms with Gasteiger partial charge in [-0.15, -0.1) is 0 Å². The number of hydrogen-bond acceptors (Lipinski definition) is 2.